The second-order valence-electron chi connectivity index (χ2n) is 8.09. The molecule has 32 heavy (non-hydrogen) atoms. The van der Waals surface area contributed by atoms with Gasteiger partial charge >= 0.3 is 18.7 Å². The molecule has 0 unspecified atom stereocenters. The van der Waals surface area contributed by atoms with Gasteiger partial charge in [-0.05, 0) is 45.4 Å². The number of aliphatic carboxylic acids is 1. The lowest BCUT2D eigenvalue weighted by Gasteiger charge is -2.32. The first-order valence-corrected chi connectivity index (χ1v) is 9.80. The molecule has 0 bridgehead atoms. The van der Waals surface area contributed by atoms with E-state index < -0.39 is 48.4 Å². The average molecular weight is 460 g/mol. The van der Waals surface area contributed by atoms with Crippen molar-refractivity contribution in [1.82, 2.24) is 10.2 Å². The quantitative estimate of drug-likeness (QED) is 0.552. The number of carboxylic acid groups (broad SMARTS) is 1. The van der Waals surface area contributed by atoms with Gasteiger partial charge in [-0.1, -0.05) is 12.1 Å². The third-order valence-corrected chi connectivity index (χ3v) is 4.46. The molecule has 0 aliphatic heterocycles. The van der Waals surface area contributed by atoms with E-state index in [1.165, 1.54) is 38.4 Å². The van der Waals surface area contributed by atoms with Crippen LogP contribution in [0.3, 0.4) is 0 Å². The number of carbonyl (C=O) groups excluding carboxylic acids is 2. The Labute approximate surface area is 185 Å². The van der Waals surface area contributed by atoms with Crippen molar-refractivity contribution in [3.8, 4) is 5.75 Å². The maximum absolute atomic E-state index is 13.1. The van der Waals surface area contributed by atoms with Crippen LogP contribution in [0.25, 0.3) is 0 Å². The number of alkyl halides is 2. The molecule has 1 rings (SSSR count). The second kappa shape index (κ2) is 11.6. The zero-order valence-corrected chi connectivity index (χ0v) is 18.9. The standard InChI is InChI=1S/C21H30F2N2O7/c1-12(30-6)16(24-20(29)32-21(2,3)4)17(26)25(5)15(18(27)28)11-13-7-9-14(10-8-13)31-19(22)23/h7-10,12,15-16,19H,11H2,1-6H3,(H,24,29)(H,27,28)/t12-,15+,16+/m1/s1. The van der Waals surface area contributed by atoms with Crippen LogP contribution in [0.2, 0.25) is 0 Å². The molecule has 0 aromatic heterocycles. The fourth-order valence-electron chi connectivity index (χ4n) is 2.74. The molecule has 0 saturated carbocycles. The van der Waals surface area contributed by atoms with E-state index in [0.717, 1.165) is 4.90 Å². The number of alkyl carbamates (subject to hydrolysis) is 1. The molecular weight excluding hydrogens is 430 g/mol. The highest BCUT2D eigenvalue weighted by Gasteiger charge is 2.36. The minimum Gasteiger partial charge on any atom is -0.480 e. The van der Waals surface area contributed by atoms with Crippen molar-refractivity contribution in [3.63, 3.8) is 0 Å². The van der Waals surface area contributed by atoms with E-state index >= 15 is 0 Å². The van der Waals surface area contributed by atoms with Crippen LogP contribution >= 0.6 is 0 Å². The highest BCUT2D eigenvalue weighted by Crippen LogP contribution is 2.18. The minimum atomic E-state index is -2.98. The number of ether oxygens (including phenoxy) is 3. The van der Waals surface area contributed by atoms with Gasteiger partial charge in [0.2, 0.25) is 5.91 Å². The van der Waals surface area contributed by atoms with Crippen LogP contribution in [0.5, 0.6) is 5.75 Å². The summed E-state index contributed by atoms with van der Waals surface area (Å²) in [7, 11) is 2.64. The number of methoxy groups -OCH3 is 1. The van der Waals surface area contributed by atoms with E-state index in [1.54, 1.807) is 27.7 Å². The summed E-state index contributed by atoms with van der Waals surface area (Å²) in [5.74, 6) is -2.05. The molecule has 0 aliphatic carbocycles. The first kappa shape index (κ1) is 27.1. The van der Waals surface area contributed by atoms with Gasteiger partial charge in [-0.15, -0.1) is 0 Å². The largest absolute Gasteiger partial charge is 0.480 e. The number of carbonyl (C=O) groups is 3. The number of hydrogen-bond acceptors (Lipinski definition) is 6. The van der Waals surface area contributed by atoms with Gasteiger partial charge in [0.1, 0.15) is 23.4 Å². The summed E-state index contributed by atoms with van der Waals surface area (Å²) in [5, 5.41) is 12.1. The number of amides is 2. The maximum Gasteiger partial charge on any atom is 0.408 e. The van der Waals surface area contributed by atoms with Crippen molar-refractivity contribution in [3.05, 3.63) is 29.8 Å². The van der Waals surface area contributed by atoms with E-state index in [2.05, 4.69) is 10.1 Å². The van der Waals surface area contributed by atoms with Crippen LogP contribution in [0.1, 0.15) is 33.3 Å². The molecule has 2 N–H and O–H groups in total. The molecule has 1 aromatic rings. The van der Waals surface area contributed by atoms with Crippen molar-refractivity contribution in [2.75, 3.05) is 14.2 Å². The third-order valence-electron chi connectivity index (χ3n) is 4.46. The van der Waals surface area contributed by atoms with Crippen LogP contribution in [-0.4, -0.2) is 72.5 Å². The zero-order chi connectivity index (χ0) is 24.6. The van der Waals surface area contributed by atoms with Gasteiger partial charge in [0.05, 0.1) is 6.10 Å². The van der Waals surface area contributed by atoms with Gasteiger partial charge in [-0.2, -0.15) is 8.78 Å². The summed E-state index contributed by atoms with van der Waals surface area (Å²) in [6.45, 7) is 3.55. The Balaban J connectivity index is 3.01. The number of nitrogens with one attached hydrogen (secondary N) is 1. The van der Waals surface area contributed by atoms with E-state index in [1.807, 2.05) is 0 Å². The van der Waals surface area contributed by atoms with Crippen molar-refractivity contribution in [2.24, 2.45) is 0 Å². The number of rotatable bonds is 10. The van der Waals surface area contributed by atoms with Crippen LogP contribution in [0.15, 0.2) is 24.3 Å². The van der Waals surface area contributed by atoms with Crippen molar-refractivity contribution in [2.45, 2.75) is 64.5 Å². The summed E-state index contributed by atoms with van der Waals surface area (Å²) in [4.78, 5) is 38.1. The van der Waals surface area contributed by atoms with Gasteiger partial charge < -0.3 is 29.5 Å². The van der Waals surface area contributed by atoms with Crippen LogP contribution in [-0.2, 0) is 25.5 Å². The molecule has 11 heteroatoms. The Hall–Kier alpha value is -2.95. The van der Waals surface area contributed by atoms with Crippen molar-refractivity contribution < 1.29 is 42.5 Å². The molecule has 180 valence electrons. The zero-order valence-electron chi connectivity index (χ0n) is 18.9. The number of benzene rings is 1. The van der Waals surface area contributed by atoms with Gasteiger partial charge in [0.15, 0.2) is 0 Å². The second-order valence-corrected chi connectivity index (χ2v) is 8.09. The predicted octanol–water partition coefficient (Wildman–Crippen LogP) is 2.67. The fourth-order valence-corrected chi connectivity index (χ4v) is 2.74. The van der Waals surface area contributed by atoms with E-state index in [4.69, 9.17) is 9.47 Å². The van der Waals surface area contributed by atoms with Gasteiger partial charge in [-0.3, -0.25) is 4.79 Å². The highest BCUT2D eigenvalue weighted by atomic mass is 19.3. The summed E-state index contributed by atoms with van der Waals surface area (Å²) in [6.07, 6.45) is -1.74. The molecule has 1 aromatic carbocycles. The Morgan fingerprint density at radius 1 is 1.16 bits per heavy atom. The SMILES string of the molecule is CO[C@H](C)[C@H](NC(=O)OC(C)(C)C)C(=O)N(C)[C@@H](Cc1ccc(OC(F)F)cc1)C(=O)O. The third kappa shape index (κ3) is 8.66. The molecule has 0 heterocycles. The Kier molecular flexibility index (Phi) is 9.82. The Morgan fingerprint density at radius 3 is 2.16 bits per heavy atom. The highest BCUT2D eigenvalue weighted by molar-refractivity contribution is 5.89. The first-order valence-electron chi connectivity index (χ1n) is 9.80. The Bertz CT molecular complexity index is 781. The molecule has 0 spiro atoms. The minimum absolute atomic E-state index is 0.0735. The van der Waals surface area contributed by atoms with Crippen LogP contribution in [0, 0.1) is 0 Å². The van der Waals surface area contributed by atoms with E-state index in [0.29, 0.717) is 5.56 Å². The van der Waals surface area contributed by atoms with Crippen LogP contribution in [0.4, 0.5) is 13.6 Å². The van der Waals surface area contributed by atoms with E-state index in [9.17, 15) is 28.3 Å². The molecule has 0 fully saturated rings. The summed E-state index contributed by atoms with van der Waals surface area (Å²) in [6, 6.07) is 2.92. The van der Waals surface area contributed by atoms with Crippen LogP contribution < -0.4 is 10.1 Å². The lowest BCUT2D eigenvalue weighted by atomic mass is 10.0. The lowest BCUT2D eigenvalue weighted by Crippen LogP contribution is -2.57. The molecule has 0 aliphatic rings. The molecule has 9 nitrogen and oxygen atoms in total. The maximum atomic E-state index is 13.1. The number of hydrogen-bond donors (Lipinski definition) is 2. The molecule has 0 radical (unpaired) electrons. The van der Waals surface area contributed by atoms with Gasteiger partial charge in [0, 0.05) is 20.6 Å². The smallest absolute Gasteiger partial charge is 0.408 e. The number of likely N-dealkylation sites (N-methyl/N-ethyl adjacent to an activating group) is 1. The summed E-state index contributed by atoms with van der Waals surface area (Å²) >= 11 is 0. The molecule has 2 amide bonds. The summed E-state index contributed by atoms with van der Waals surface area (Å²) < 4.78 is 39.2. The normalized spacial score (nSPS) is 14.3. The number of nitrogens with zero attached hydrogens (tertiary/aromatic N) is 1. The molecule has 3 atom stereocenters. The monoisotopic (exact) mass is 460 g/mol. The molecule has 0 saturated heterocycles. The lowest BCUT2D eigenvalue weighted by molar-refractivity contribution is -0.151. The van der Waals surface area contributed by atoms with Gasteiger partial charge in [0.25, 0.3) is 0 Å². The first-order chi connectivity index (χ1) is 14.7. The Morgan fingerprint density at radius 2 is 1.72 bits per heavy atom. The number of halogens is 2. The van der Waals surface area contributed by atoms with Gasteiger partial charge in [-0.25, -0.2) is 9.59 Å². The van der Waals surface area contributed by atoms with Crippen molar-refractivity contribution >= 4 is 18.0 Å². The number of carboxylic acids is 1. The predicted molar refractivity (Wildman–Crippen MR) is 111 cm³/mol. The summed E-state index contributed by atoms with van der Waals surface area (Å²) in [5.41, 5.74) is -0.320. The van der Waals surface area contributed by atoms with E-state index in [-0.39, 0.29) is 12.2 Å². The average Bonchev–Trinajstić information content (AvgIpc) is 2.67. The topological polar surface area (TPSA) is 114 Å². The molecular formula is C21H30F2N2O7. The fraction of sp³-hybridized carbons (Fsp3) is 0.571. The van der Waals surface area contributed by atoms with Crippen molar-refractivity contribution in [1.29, 1.82) is 0 Å².